The zero-order valence-electron chi connectivity index (χ0n) is 15.4. The Hall–Kier alpha value is -1.12. The van der Waals surface area contributed by atoms with Crippen LogP contribution in [0.5, 0.6) is 0 Å². The normalized spacial score (nSPS) is 21.2. The van der Waals surface area contributed by atoms with Gasteiger partial charge in [-0.3, -0.25) is 4.79 Å². The third-order valence-corrected chi connectivity index (χ3v) is 4.87. The average Bonchev–Trinajstić information content (AvgIpc) is 2.70. The lowest BCUT2D eigenvalue weighted by Gasteiger charge is -2.32. The molecule has 1 amide bonds. The summed E-state index contributed by atoms with van der Waals surface area (Å²) in [5.74, 6) is -0.616. The molecule has 1 aliphatic rings. The van der Waals surface area contributed by atoms with Crippen LogP contribution in [0.1, 0.15) is 53.9 Å². The Bertz CT molecular complexity index is 426. The molecule has 0 aromatic carbocycles. The fraction of sp³-hybridized carbons (Fsp3) is 0.875. The van der Waals surface area contributed by atoms with Crippen LogP contribution >= 0.6 is 0 Å². The summed E-state index contributed by atoms with van der Waals surface area (Å²) in [5, 5.41) is 12.0. The predicted octanol–water partition coefficient (Wildman–Crippen LogP) is 1.29. The summed E-state index contributed by atoms with van der Waals surface area (Å²) in [4.78, 5) is 22.9. The van der Waals surface area contributed by atoms with Crippen LogP contribution in [0.2, 0.25) is 6.32 Å². The average molecular weight is 343 g/mol. The van der Waals surface area contributed by atoms with Crippen LogP contribution in [0.25, 0.3) is 0 Å². The zero-order valence-corrected chi connectivity index (χ0v) is 15.4. The molecule has 1 saturated heterocycles. The molecule has 24 heavy (non-hydrogen) atoms. The molecule has 0 saturated carbocycles. The number of aliphatic hydroxyl groups excluding tert-OH is 1. The molecule has 0 spiro atoms. The molecule has 1 atom stereocenters. The van der Waals surface area contributed by atoms with Gasteiger partial charge in [0.2, 0.25) is 6.41 Å². The molecule has 7 nitrogen and oxygen atoms in total. The van der Waals surface area contributed by atoms with Gasteiger partial charge in [-0.05, 0) is 47.4 Å². The largest absolute Gasteiger partial charge is 0.464 e. The molecule has 0 aromatic heterocycles. The summed E-state index contributed by atoms with van der Waals surface area (Å²) in [5.41, 5.74) is -2.11. The van der Waals surface area contributed by atoms with Crippen molar-refractivity contribution in [1.82, 2.24) is 5.32 Å². The number of hydrogen-bond donors (Lipinski definition) is 2. The van der Waals surface area contributed by atoms with Gasteiger partial charge in [0.05, 0.1) is 24.4 Å². The molecule has 1 aliphatic heterocycles. The Balaban J connectivity index is 2.52. The molecule has 0 aliphatic carbocycles. The van der Waals surface area contributed by atoms with Crippen molar-refractivity contribution in [2.75, 3.05) is 13.2 Å². The van der Waals surface area contributed by atoms with Gasteiger partial charge in [0.1, 0.15) is 0 Å². The van der Waals surface area contributed by atoms with Crippen LogP contribution in [0, 0.1) is 0 Å². The van der Waals surface area contributed by atoms with Crippen molar-refractivity contribution >= 4 is 19.5 Å². The fourth-order valence-corrected chi connectivity index (χ4v) is 2.63. The maximum atomic E-state index is 12.1. The minimum Gasteiger partial charge on any atom is -0.464 e. The van der Waals surface area contributed by atoms with Gasteiger partial charge < -0.3 is 24.5 Å². The Morgan fingerprint density at radius 1 is 1.25 bits per heavy atom. The van der Waals surface area contributed by atoms with E-state index >= 15 is 0 Å². The number of aliphatic hydroxyl groups is 1. The lowest BCUT2D eigenvalue weighted by atomic mass is 9.81. The van der Waals surface area contributed by atoms with Crippen molar-refractivity contribution in [2.24, 2.45) is 0 Å². The van der Waals surface area contributed by atoms with Crippen molar-refractivity contribution in [2.45, 2.75) is 76.9 Å². The minimum atomic E-state index is -1.38. The van der Waals surface area contributed by atoms with E-state index in [2.05, 4.69) is 5.32 Å². The summed E-state index contributed by atoms with van der Waals surface area (Å²) in [6.07, 6.45) is 2.74. The van der Waals surface area contributed by atoms with Gasteiger partial charge in [-0.2, -0.15) is 0 Å². The number of rotatable bonds is 10. The van der Waals surface area contributed by atoms with Crippen LogP contribution in [-0.2, 0) is 23.6 Å². The highest BCUT2D eigenvalue weighted by molar-refractivity contribution is 6.45. The van der Waals surface area contributed by atoms with E-state index in [-0.39, 0.29) is 24.9 Å². The highest BCUT2D eigenvalue weighted by Crippen LogP contribution is 2.38. The third-order valence-electron chi connectivity index (χ3n) is 4.87. The molecule has 1 unspecified atom stereocenters. The second-order valence-corrected chi connectivity index (χ2v) is 7.15. The van der Waals surface area contributed by atoms with Gasteiger partial charge in [-0.15, -0.1) is 0 Å². The highest BCUT2D eigenvalue weighted by Gasteiger charge is 2.50. The van der Waals surface area contributed by atoms with E-state index in [1.807, 2.05) is 27.7 Å². The summed E-state index contributed by atoms with van der Waals surface area (Å²) >= 11 is 0. The first-order chi connectivity index (χ1) is 11.1. The number of amides is 1. The zero-order chi connectivity index (χ0) is 18.4. The molecular weight excluding hydrogens is 313 g/mol. The number of hydrogen-bond acceptors (Lipinski definition) is 6. The Kier molecular flexibility index (Phi) is 7.25. The van der Waals surface area contributed by atoms with Gasteiger partial charge in [-0.1, -0.05) is 12.8 Å². The van der Waals surface area contributed by atoms with Gasteiger partial charge in [0.25, 0.3) is 0 Å². The van der Waals surface area contributed by atoms with Gasteiger partial charge in [0.15, 0.2) is 5.54 Å². The molecule has 0 bridgehead atoms. The number of nitrogens with one attached hydrogen (secondary N) is 1. The van der Waals surface area contributed by atoms with Gasteiger partial charge >= 0.3 is 13.1 Å². The molecule has 1 rings (SSSR count). The standard InChI is InChI=1S/C16H30BNO6/c1-6-22-13(21)16(11-19,18-12-20)9-7-8-10-17-23-14(2,3)15(4,5)24-17/h12,19H,6-11H2,1-5H3,(H,18,20). The molecule has 138 valence electrons. The summed E-state index contributed by atoms with van der Waals surface area (Å²) in [6.45, 7) is 9.36. The molecule has 1 fully saturated rings. The first-order valence-electron chi connectivity index (χ1n) is 8.49. The van der Waals surface area contributed by atoms with Crippen molar-refractivity contribution in [3.8, 4) is 0 Å². The summed E-state index contributed by atoms with van der Waals surface area (Å²) < 4.78 is 16.8. The van der Waals surface area contributed by atoms with E-state index in [1.165, 1.54) is 0 Å². The lowest BCUT2D eigenvalue weighted by molar-refractivity contribution is -0.154. The maximum absolute atomic E-state index is 12.1. The van der Waals surface area contributed by atoms with E-state index in [0.717, 1.165) is 6.42 Å². The fourth-order valence-electron chi connectivity index (χ4n) is 2.63. The number of esters is 1. The van der Waals surface area contributed by atoms with Crippen LogP contribution in [0.15, 0.2) is 0 Å². The highest BCUT2D eigenvalue weighted by atomic mass is 16.7. The van der Waals surface area contributed by atoms with Crippen LogP contribution in [0.3, 0.4) is 0 Å². The summed E-state index contributed by atoms with van der Waals surface area (Å²) in [6, 6.07) is 0. The molecule has 2 N–H and O–H groups in total. The molecule has 0 radical (unpaired) electrons. The third kappa shape index (κ3) is 4.71. The number of carbonyl (C=O) groups is 2. The van der Waals surface area contributed by atoms with Crippen molar-refractivity contribution in [1.29, 1.82) is 0 Å². The predicted molar refractivity (Wildman–Crippen MR) is 90.4 cm³/mol. The maximum Gasteiger partial charge on any atom is 0.457 e. The smallest absolute Gasteiger partial charge is 0.457 e. The number of ether oxygens (including phenoxy) is 1. The second-order valence-electron chi connectivity index (χ2n) is 7.15. The number of unbranched alkanes of at least 4 members (excludes halogenated alkanes) is 1. The first kappa shape index (κ1) is 20.9. The van der Waals surface area contributed by atoms with Crippen molar-refractivity contribution in [3.63, 3.8) is 0 Å². The first-order valence-corrected chi connectivity index (χ1v) is 8.49. The topological polar surface area (TPSA) is 94.1 Å². The Morgan fingerprint density at radius 3 is 2.29 bits per heavy atom. The van der Waals surface area contributed by atoms with Crippen LogP contribution in [-0.4, -0.2) is 54.6 Å². The molecule has 0 aromatic rings. The van der Waals surface area contributed by atoms with Crippen molar-refractivity contribution < 1.29 is 28.7 Å². The van der Waals surface area contributed by atoms with Gasteiger partial charge in [0, 0.05) is 0 Å². The molecule has 8 heteroatoms. The second kappa shape index (κ2) is 8.31. The van der Waals surface area contributed by atoms with E-state index in [9.17, 15) is 14.7 Å². The molecule has 1 heterocycles. The SMILES string of the molecule is CCOC(=O)C(CO)(CCCCB1OC(C)(C)C(C)(C)O1)NC=O. The van der Waals surface area contributed by atoms with E-state index in [0.29, 0.717) is 25.6 Å². The quantitative estimate of drug-likeness (QED) is 0.269. The Morgan fingerprint density at radius 2 is 1.83 bits per heavy atom. The lowest BCUT2D eigenvalue weighted by Crippen LogP contribution is -2.55. The van der Waals surface area contributed by atoms with Crippen molar-refractivity contribution in [3.05, 3.63) is 0 Å². The Labute approximate surface area is 144 Å². The monoisotopic (exact) mass is 343 g/mol. The van der Waals surface area contributed by atoms with E-state index in [1.54, 1.807) is 6.92 Å². The van der Waals surface area contributed by atoms with Crippen LogP contribution < -0.4 is 5.32 Å². The molecular formula is C16H30BNO6. The van der Waals surface area contributed by atoms with Crippen LogP contribution in [0.4, 0.5) is 0 Å². The number of carbonyl (C=O) groups excluding carboxylic acids is 2. The van der Waals surface area contributed by atoms with Gasteiger partial charge in [-0.25, -0.2) is 4.79 Å². The minimum absolute atomic E-state index is 0.190. The van der Waals surface area contributed by atoms with E-state index in [4.69, 9.17) is 14.0 Å². The van der Waals surface area contributed by atoms with E-state index < -0.39 is 18.1 Å². The summed E-state index contributed by atoms with van der Waals surface area (Å²) in [7, 11) is -0.292.